The van der Waals surface area contributed by atoms with E-state index < -0.39 is 0 Å². The second-order valence-corrected chi connectivity index (χ2v) is 4.45. The molecule has 1 amide bonds. The van der Waals surface area contributed by atoms with E-state index in [0.29, 0.717) is 11.6 Å². The van der Waals surface area contributed by atoms with Gasteiger partial charge in [-0.2, -0.15) is 5.10 Å². The van der Waals surface area contributed by atoms with E-state index in [1.807, 2.05) is 30.3 Å². The third-order valence-electron chi connectivity index (χ3n) is 2.87. The van der Waals surface area contributed by atoms with Gasteiger partial charge < -0.3 is 5.32 Å². The second kappa shape index (κ2) is 6.45. The van der Waals surface area contributed by atoms with Crippen LogP contribution in [-0.4, -0.2) is 25.7 Å². The molecule has 0 spiro atoms. The van der Waals surface area contributed by atoms with Crippen LogP contribution >= 0.6 is 0 Å². The van der Waals surface area contributed by atoms with Gasteiger partial charge in [0.25, 0.3) is 0 Å². The van der Waals surface area contributed by atoms with Crippen LogP contribution in [0.15, 0.2) is 67.3 Å². The zero-order valence-corrected chi connectivity index (χ0v) is 11.6. The summed E-state index contributed by atoms with van der Waals surface area (Å²) in [7, 11) is 0. The Morgan fingerprint density at radius 2 is 2.00 bits per heavy atom. The third kappa shape index (κ3) is 3.43. The highest BCUT2D eigenvalue weighted by atomic mass is 16.1. The molecular formula is C16H13N5O. The predicted molar refractivity (Wildman–Crippen MR) is 83.3 cm³/mol. The maximum Gasteiger partial charge on any atom is 0.249 e. The largest absolute Gasteiger partial charge is 0.307 e. The number of anilines is 1. The van der Waals surface area contributed by atoms with Gasteiger partial charge in [-0.3, -0.25) is 4.79 Å². The average Bonchev–Trinajstić information content (AvgIpc) is 3.09. The molecule has 0 saturated heterocycles. The molecule has 108 valence electrons. The number of carbonyl (C=O) groups excluding carboxylic acids is 1. The number of hydrogen-bond donors (Lipinski definition) is 1. The lowest BCUT2D eigenvalue weighted by atomic mass is 10.2. The SMILES string of the molecule is O=C(/C=C/c1ccccc1)Nc1cc(-n2cccn2)ncn1. The predicted octanol–water partition coefficient (Wildman–Crippen LogP) is 2.31. The van der Waals surface area contributed by atoms with Crippen molar-refractivity contribution in [1.82, 2.24) is 19.7 Å². The number of benzene rings is 1. The zero-order chi connectivity index (χ0) is 15.2. The summed E-state index contributed by atoms with van der Waals surface area (Å²) >= 11 is 0. The van der Waals surface area contributed by atoms with E-state index in [9.17, 15) is 4.79 Å². The summed E-state index contributed by atoms with van der Waals surface area (Å²) in [6.07, 6.45) is 8.01. The van der Waals surface area contributed by atoms with Crippen LogP contribution in [0.3, 0.4) is 0 Å². The van der Waals surface area contributed by atoms with Crippen molar-refractivity contribution in [2.45, 2.75) is 0 Å². The Morgan fingerprint density at radius 1 is 1.14 bits per heavy atom. The molecule has 0 unspecified atom stereocenters. The van der Waals surface area contributed by atoms with Gasteiger partial charge in [0, 0.05) is 24.5 Å². The Balaban J connectivity index is 1.69. The monoisotopic (exact) mass is 291 g/mol. The Labute approximate surface area is 127 Å². The van der Waals surface area contributed by atoms with Crippen molar-refractivity contribution in [2.75, 3.05) is 5.32 Å². The lowest BCUT2D eigenvalue weighted by Gasteiger charge is -2.03. The van der Waals surface area contributed by atoms with Gasteiger partial charge in [-0.05, 0) is 17.7 Å². The van der Waals surface area contributed by atoms with E-state index in [1.165, 1.54) is 12.4 Å². The third-order valence-corrected chi connectivity index (χ3v) is 2.87. The number of rotatable bonds is 4. The van der Waals surface area contributed by atoms with Crippen LogP contribution in [0.2, 0.25) is 0 Å². The Bertz CT molecular complexity index is 781. The highest BCUT2D eigenvalue weighted by molar-refractivity contribution is 6.01. The van der Waals surface area contributed by atoms with Gasteiger partial charge in [-0.15, -0.1) is 0 Å². The molecular weight excluding hydrogens is 278 g/mol. The molecule has 1 N–H and O–H groups in total. The molecule has 0 saturated carbocycles. The minimum Gasteiger partial charge on any atom is -0.307 e. The van der Waals surface area contributed by atoms with Crippen LogP contribution in [0.1, 0.15) is 5.56 Å². The number of amides is 1. The molecule has 0 fully saturated rings. The number of hydrogen-bond acceptors (Lipinski definition) is 4. The molecule has 2 aromatic heterocycles. The fraction of sp³-hybridized carbons (Fsp3) is 0. The molecule has 0 aliphatic rings. The lowest BCUT2D eigenvalue weighted by Crippen LogP contribution is -2.10. The summed E-state index contributed by atoms with van der Waals surface area (Å²) in [6.45, 7) is 0. The van der Waals surface area contributed by atoms with Crippen molar-refractivity contribution in [2.24, 2.45) is 0 Å². The minimum absolute atomic E-state index is 0.256. The lowest BCUT2D eigenvalue weighted by molar-refractivity contribution is -0.111. The van der Waals surface area contributed by atoms with Crippen molar-refractivity contribution in [3.05, 3.63) is 72.8 Å². The highest BCUT2D eigenvalue weighted by Gasteiger charge is 2.03. The maximum absolute atomic E-state index is 11.9. The topological polar surface area (TPSA) is 72.7 Å². The summed E-state index contributed by atoms with van der Waals surface area (Å²) < 4.78 is 1.59. The van der Waals surface area contributed by atoms with Gasteiger partial charge in [0.15, 0.2) is 5.82 Å². The first-order valence-corrected chi connectivity index (χ1v) is 6.67. The first-order valence-electron chi connectivity index (χ1n) is 6.67. The van der Waals surface area contributed by atoms with E-state index in [-0.39, 0.29) is 5.91 Å². The minimum atomic E-state index is -0.256. The molecule has 2 heterocycles. The molecule has 0 atom stereocenters. The van der Waals surface area contributed by atoms with Gasteiger partial charge >= 0.3 is 0 Å². The number of aromatic nitrogens is 4. The molecule has 0 radical (unpaired) electrons. The van der Waals surface area contributed by atoms with Gasteiger partial charge in [-0.25, -0.2) is 14.6 Å². The van der Waals surface area contributed by atoms with Crippen LogP contribution in [0.25, 0.3) is 11.9 Å². The summed E-state index contributed by atoms with van der Waals surface area (Å²) in [4.78, 5) is 20.0. The summed E-state index contributed by atoms with van der Waals surface area (Å²) in [5.41, 5.74) is 0.956. The van der Waals surface area contributed by atoms with Gasteiger partial charge in [-0.1, -0.05) is 30.3 Å². The molecule has 0 aliphatic carbocycles. The Kier molecular flexibility index (Phi) is 4.01. The van der Waals surface area contributed by atoms with E-state index in [1.54, 1.807) is 35.3 Å². The first kappa shape index (κ1) is 13.7. The summed E-state index contributed by atoms with van der Waals surface area (Å²) in [6, 6.07) is 13.0. The van der Waals surface area contributed by atoms with Crippen LogP contribution < -0.4 is 5.32 Å². The fourth-order valence-corrected chi connectivity index (χ4v) is 1.85. The van der Waals surface area contributed by atoms with Crippen molar-refractivity contribution in [3.63, 3.8) is 0 Å². The molecule has 22 heavy (non-hydrogen) atoms. The number of nitrogens with one attached hydrogen (secondary N) is 1. The van der Waals surface area contributed by atoms with Crippen LogP contribution in [0.5, 0.6) is 0 Å². The molecule has 6 heteroatoms. The van der Waals surface area contributed by atoms with Gasteiger partial charge in [0.2, 0.25) is 5.91 Å². The molecule has 1 aromatic carbocycles. The van der Waals surface area contributed by atoms with Gasteiger partial charge in [0.1, 0.15) is 12.1 Å². The normalized spacial score (nSPS) is 10.7. The summed E-state index contributed by atoms with van der Waals surface area (Å²) in [5.74, 6) is 0.750. The second-order valence-electron chi connectivity index (χ2n) is 4.45. The van der Waals surface area contributed by atoms with Crippen molar-refractivity contribution in [3.8, 4) is 5.82 Å². The fourth-order valence-electron chi connectivity index (χ4n) is 1.85. The summed E-state index contributed by atoms with van der Waals surface area (Å²) in [5, 5.41) is 6.78. The van der Waals surface area contributed by atoms with E-state index in [4.69, 9.17) is 0 Å². The number of carbonyl (C=O) groups is 1. The zero-order valence-electron chi connectivity index (χ0n) is 11.6. The van der Waals surface area contributed by atoms with E-state index in [2.05, 4.69) is 20.4 Å². The maximum atomic E-state index is 11.9. The first-order chi connectivity index (χ1) is 10.8. The van der Waals surface area contributed by atoms with Crippen LogP contribution in [0.4, 0.5) is 5.82 Å². The standard InChI is InChI=1S/C16H13N5O/c22-16(8-7-13-5-2-1-3-6-13)20-14-11-15(18-12-17-14)21-10-4-9-19-21/h1-12H,(H,17,18,20,22)/b8-7+. The smallest absolute Gasteiger partial charge is 0.249 e. The molecule has 0 bridgehead atoms. The van der Waals surface area contributed by atoms with Crippen molar-refractivity contribution < 1.29 is 4.79 Å². The molecule has 3 aromatic rings. The Hall–Kier alpha value is -3.28. The van der Waals surface area contributed by atoms with Crippen LogP contribution in [-0.2, 0) is 4.79 Å². The van der Waals surface area contributed by atoms with E-state index in [0.717, 1.165) is 5.56 Å². The van der Waals surface area contributed by atoms with Crippen molar-refractivity contribution >= 4 is 17.8 Å². The van der Waals surface area contributed by atoms with Gasteiger partial charge in [0.05, 0.1) is 0 Å². The molecule has 3 rings (SSSR count). The van der Waals surface area contributed by atoms with Crippen LogP contribution in [0, 0.1) is 0 Å². The van der Waals surface area contributed by atoms with Crippen molar-refractivity contribution in [1.29, 1.82) is 0 Å². The average molecular weight is 291 g/mol. The quantitative estimate of drug-likeness (QED) is 0.749. The molecule has 6 nitrogen and oxygen atoms in total. The molecule has 0 aliphatic heterocycles. The highest BCUT2D eigenvalue weighted by Crippen LogP contribution is 2.08. The van der Waals surface area contributed by atoms with E-state index >= 15 is 0 Å². The Morgan fingerprint density at radius 3 is 2.77 bits per heavy atom. The number of nitrogens with zero attached hydrogens (tertiary/aromatic N) is 4.